The van der Waals surface area contributed by atoms with Crippen LogP contribution in [0.1, 0.15) is 35.6 Å². The predicted octanol–water partition coefficient (Wildman–Crippen LogP) is 2.88. The lowest BCUT2D eigenvalue weighted by molar-refractivity contribution is 0.248. The van der Waals surface area contributed by atoms with Crippen LogP contribution in [-0.2, 0) is 13.1 Å². The van der Waals surface area contributed by atoms with Crippen molar-refractivity contribution in [2.45, 2.75) is 32.0 Å². The van der Waals surface area contributed by atoms with Gasteiger partial charge in [0, 0.05) is 31.5 Å². The van der Waals surface area contributed by atoms with Crippen LogP contribution in [0.15, 0.2) is 48.8 Å². The summed E-state index contributed by atoms with van der Waals surface area (Å²) < 4.78 is 0. The molecule has 3 nitrogen and oxygen atoms in total. The summed E-state index contributed by atoms with van der Waals surface area (Å²) in [5, 5.41) is 0. The summed E-state index contributed by atoms with van der Waals surface area (Å²) in [6, 6.07) is 13.3. The molecule has 1 aromatic heterocycles. The largest absolute Gasteiger partial charge is 0.326 e. The predicted molar refractivity (Wildman–Crippen MR) is 81.0 cm³/mol. The van der Waals surface area contributed by atoms with Gasteiger partial charge in [-0.1, -0.05) is 24.3 Å². The van der Waals surface area contributed by atoms with Gasteiger partial charge in [0.05, 0.1) is 0 Å². The highest BCUT2D eigenvalue weighted by Crippen LogP contribution is 2.33. The summed E-state index contributed by atoms with van der Waals surface area (Å²) in [6.07, 6.45) is 6.27. The summed E-state index contributed by atoms with van der Waals surface area (Å²) in [5.41, 5.74) is 9.84. The smallest absolute Gasteiger partial charge is 0.0353 e. The van der Waals surface area contributed by atoms with E-state index in [-0.39, 0.29) is 0 Å². The van der Waals surface area contributed by atoms with Crippen molar-refractivity contribution in [3.05, 3.63) is 65.5 Å². The number of nitrogens with two attached hydrogens (primary N) is 1. The molecule has 3 heteroatoms. The minimum absolute atomic E-state index is 0.517. The highest BCUT2D eigenvalue weighted by atomic mass is 15.2. The number of benzene rings is 1. The summed E-state index contributed by atoms with van der Waals surface area (Å²) in [5.74, 6) is 0. The Kier molecular flexibility index (Phi) is 4.09. The Morgan fingerprint density at radius 3 is 2.60 bits per heavy atom. The van der Waals surface area contributed by atoms with Crippen molar-refractivity contribution in [1.29, 1.82) is 0 Å². The van der Waals surface area contributed by atoms with Gasteiger partial charge in [-0.3, -0.25) is 9.88 Å². The van der Waals surface area contributed by atoms with Crippen LogP contribution in [0.5, 0.6) is 0 Å². The number of likely N-dealkylation sites (tertiary alicyclic amines) is 1. The van der Waals surface area contributed by atoms with Crippen molar-refractivity contribution in [3.8, 4) is 0 Å². The van der Waals surface area contributed by atoms with Crippen molar-refractivity contribution in [2.24, 2.45) is 5.73 Å². The lowest BCUT2D eigenvalue weighted by atomic mass is 10.0. The van der Waals surface area contributed by atoms with E-state index in [1.807, 2.05) is 12.4 Å². The monoisotopic (exact) mass is 267 g/mol. The molecule has 0 saturated carbocycles. The van der Waals surface area contributed by atoms with Gasteiger partial charge in [0.25, 0.3) is 0 Å². The van der Waals surface area contributed by atoms with E-state index >= 15 is 0 Å². The molecule has 1 aromatic carbocycles. The zero-order valence-corrected chi connectivity index (χ0v) is 11.7. The van der Waals surface area contributed by atoms with Crippen molar-refractivity contribution >= 4 is 0 Å². The van der Waals surface area contributed by atoms with E-state index in [1.165, 1.54) is 29.5 Å². The first-order chi connectivity index (χ1) is 9.88. The average molecular weight is 267 g/mol. The molecule has 20 heavy (non-hydrogen) atoms. The Hall–Kier alpha value is -1.71. The standard InChI is InChI=1S/C17H21N3/c18-12-15-4-1-2-5-16(15)13-20-11-3-6-17(20)14-7-9-19-10-8-14/h1-2,4-5,7-10,17H,3,6,11-13,18H2. The summed E-state index contributed by atoms with van der Waals surface area (Å²) in [4.78, 5) is 6.68. The number of hydrogen-bond acceptors (Lipinski definition) is 3. The minimum Gasteiger partial charge on any atom is -0.326 e. The number of hydrogen-bond donors (Lipinski definition) is 1. The molecule has 2 N–H and O–H groups in total. The fourth-order valence-electron chi connectivity index (χ4n) is 3.11. The number of aromatic nitrogens is 1. The highest BCUT2D eigenvalue weighted by Gasteiger charge is 2.26. The van der Waals surface area contributed by atoms with Crippen molar-refractivity contribution in [3.63, 3.8) is 0 Å². The minimum atomic E-state index is 0.517. The number of nitrogens with zero attached hydrogens (tertiary/aromatic N) is 2. The van der Waals surface area contributed by atoms with Gasteiger partial charge in [0.2, 0.25) is 0 Å². The fraction of sp³-hybridized carbons (Fsp3) is 0.353. The summed E-state index contributed by atoms with van der Waals surface area (Å²) in [6.45, 7) is 2.76. The van der Waals surface area contributed by atoms with Crippen LogP contribution < -0.4 is 5.73 Å². The first kappa shape index (κ1) is 13.3. The molecule has 2 aromatic rings. The maximum atomic E-state index is 5.84. The molecule has 0 radical (unpaired) electrons. The molecular weight excluding hydrogens is 246 g/mol. The van der Waals surface area contributed by atoms with Gasteiger partial charge in [-0.2, -0.15) is 0 Å². The Morgan fingerprint density at radius 2 is 1.85 bits per heavy atom. The Labute approximate surface area is 120 Å². The van der Waals surface area contributed by atoms with Crippen molar-refractivity contribution in [1.82, 2.24) is 9.88 Å². The van der Waals surface area contributed by atoms with E-state index in [0.29, 0.717) is 12.6 Å². The summed E-state index contributed by atoms with van der Waals surface area (Å²) in [7, 11) is 0. The molecule has 1 atom stereocenters. The molecule has 2 heterocycles. The third-order valence-electron chi connectivity index (χ3n) is 4.17. The van der Waals surface area contributed by atoms with Gasteiger partial charge in [0.15, 0.2) is 0 Å². The lowest BCUT2D eigenvalue weighted by Gasteiger charge is -2.25. The van der Waals surface area contributed by atoms with Gasteiger partial charge in [-0.25, -0.2) is 0 Å². The normalized spacial score (nSPS) is 19.4. The number of pyridine rings is 1. The van der Waals surface area contributed by atoms with Crippen LogP contribution in [0.3, 0.4) is 0 Å². The van der Waals surface area contributed by atoms with Crippen LogP contribution in [0, 0.1) is 0 Å². The molecule has 1 fully saturated rings. The second-order valence-corrected chi connectivity index (χ2v) is 5.38. The van der Waals surface area contributed by atoms with Crippen LogP contribution >= 0.6 is 0 Å². The second-order valence-electron chi connectivity index (χ2n) is 5.38. The average Bonchev–Trinajstić information content (AvgIpc) is 2.97. The lowest BCUT2D eigenvalue weighted by Crippen LogP contribution is -2.23. The van der Waals surface area contributed by atoms with Crippen LogP contribution in [0.2, 0.25) is 0 Å². The van der Waals surface area contributed by atoms with Gasteiger partial charge in [0.1, 0.15) is 0 Å². The van der Waals surface area contributed by atoms with E-state index in [0.717, 1.165) is 13.1 Å². The number of rotatable bonds is 4. The second kappa shape index (κ2) is 6.16. The third kappa shape index (κ3) is 2.74. The molecule has 0 bridgehead atoms. The van der Waals surface area contributed by atoms with Crippen LogP contribution in [-0.4, -0.2) is 16.4 Å². The molecule has 1 aliphatic heterocycles. The first-order valence-electron chi connectivity index (χ1n) is 7.29. The molecular formula is C17H21N3. The van der Waals surface area contributed by atoms with Gasteiger partial charge in [-0.05, 0) is 48.2 Å². The molecule has 0 amide bonds. The zero-order valence-electron chi connectivity index (χ0n) is 11.7. The van der Waals surface area contributed by atoms with E-state index in [1.54, 1.807) is 0 Å². The highest BCUT2D eigenvalue weighted by molar-refractivity contribution is 5.27. The molecule has 1 aliphatic rings. The van der Waals surface area contributed by atoms with Crippen molar-refractivity contribution < 1.29 is 0 Å². The van der Waals surface area contributed by atoms with E-state index in [4.69, 9.17) is 5.73 Å². The van der Waals surface area contributed by atoms with E-state index < -0.39 is 0 Å². The first-order valence-corrected chi connectivity index (χ1v) is 7.29. The Balaban J connectivity index is 1.79. The topological polar surface area (TPSA) is 42.1 Å². The van der Waals surface area contributed by atoms with E-state index in [9.17, 15) is 0 Å². The Morgan fingerprint density at radius 1 is 1.10 bits per heavy atom. The maximum Gasteiger partial charge on any atom is 0.0353 e. The van der Waals surface area contributed by atoms with Crippen molar-refractivity contribution in [2.75, 3.05) is 6.54 Å². The quantitative estimate of drug-likeness (QED) is 0.926. The third-order valence-corrected chi connectivity index (χ3v) is 4.17. The van der Waals surface area contributed by atoms with Gasteiger partial charge in [-0.15, -0.1) is 0 Å². The van der Waals surface area contributed by atoms with Gasteiger partial charge >= 0.3 is 0 Å². The molecule has 0 spiro atoms. The SMILES string of the molecule is NCc1ccccc1CN1CCCC1c1ccncc1. The Bertz CT molecular complexity index is 553. The maximum absolute atomic E-state index is 5.84. The molecule has 3 rings (SSSR count). The van der Waals surface area contributed by atoms with Gasteiger partial charge < -0.3 is 5.73 Å². The van der Waals surface area contributed by atoms with Crippen LogP contribution in [0.4, 0.5) is 0 Å². The molecule has 104 valence electrons. The summed E-state index contributed by atoms with van der Waals surface area (Å²) >= 11 is 0. The molecule has 1 saturated heterocycles. The van der Waals surface area contributed by atoms with Crippen LogP contribution in [0.25, 0.3) is 0 Å². The van der Waals surface area contributed by atoms with E-state index in [2.05, 4.69) is 46.3 Å². The fourth-order valence-corrected chi connectivity index (χ4v) is 3.11. The zero-order chi connectivity index (χ0) is 13.8. The molecule has 0 aliphatic carbocycles. The molecule has 1 unspecified atom stereocenters.